The Bertz CT molecular complexity index is 1160. The molecule has 2 saturated carbocycles. The topological polar surface area (TPSA) is 52.0 Å². The quantitative estimate of drug-likeness (QED) is 0.231. The SMILES string of the molecule is CC(C)c1cc(C(F)(F)C(F)(F)C(F)(F)C(F)(F)c2cc(C(C)C)c(N)c(C3CCC3)c2)cc(C2CCC2)c1N. The normalized spacial score (nSPS) is 17.9. The van der Waals surface area contributed by atoms with E-state index in [0.717, 1.165) is 12.8 Å². The number of benzene rings is 2. The molecule has 0 atom stereocenters. The maximum Gasteiger partial charge on any atom is 0.382 e. The van der Waals surface area contributed by atoms with Crippen molar-refractivity contribution in [1.29, 1.82) is 0 Å². The first kappa shape index (κ1) is 30.4. The van der Waals surface area contributed by atoms with Crippen LogP contribution < -0.4 is 11.5 Å². The first-order chi connectivity index (χ1) is 18.4. The molecule has 0 aliphatic heterocycles. The van der Waals surface area contributed by atoms with Gasteiger partial charge in [-0.1, -0.05) is 40.5 Å². The zero-order valence-corrected chi connectivity index (χ0v) is 23.0. The summed E-state index contributed by atoms with van der Waals surface area (Å²) >= 11 is 0. The molecule has 2 aliphatic carbocycles. The number of nitrogen functional groups attached to an aromatic ring is 2. The number of alkyl halides is 8. The zero-order valence-electron chi connectivity index (χ0n) is 23.0. The van der Waals surface area contributed by atoms with E-state index in [4.69, 9.17) is 11.5 Å². The molecule has 2 nitrogen and oxygen atoms in total. The number of rotatable bonds is 9. The zero-order chi connectivity index (χ0) is 30.0. The average molecular weight is 577 g/mol. The van der Waals surface area contributed by atoms with Crippen molar-refractivity contribution in [2.45, 2.75) is 114 Å². The van der Waals surface area contributed by atoms with Gasteiger partial charge in [-0.3, -0.25) is 0 Å². The molecule has 0 saturated heterocycles. The van der Waals surface area contributed by atoms with Crippen LogP contribution in [0.15, 0.2) is 24.3 Å². The molecule has 0 bridgehead atoms. The monoisotopic (exact) mass is 576 g/mol. The van der Waals surface area contributed by atoms with Crippen molar-refractivity contribution in [1.82, 2.24) is 0 Å². The molecular formula is C30H36F8N2. The summed E-state index contributed by atoms with van der Waals surface area (Å²) in [6.07, 6.45) is 3.82. The summed E-state index contributed by atoms with van der Waals surface area (Å²) in [5, 5.41) is 0. The van der Waals surface area contributed by atoms with E-state index in [1.165, 1.54) is 0 Å². The maximum absolute atomic E-state index is 15.5. The minimum Gasteiger partial charge on any atom is -0.398 e. The minimum absolute atomic E-state index is 0.0789. The molecule has 0 unspecified atom stereocenters. The highest BCUT2D eigenvalue weighted by molar-refractivity contribution is 5.61. The first-order valence-electron chi connectivity index (χ1n) is 13.7. The molecule has 222 valence electrons. The van der Waals surface area contributed by atoms with Crippen LogP contribution in [0.25, 0.3) is 0 Å². The molecule has 0 spiro atoms. The average Bonchev–Trinajstić information content (AvgIpc) is 2.78. The summed E-state index contributed by atoms with van der Waals surface area (Å²) in [7, 11) is 0. The second kappa shape index (κ2) is 10.1. The summed E-state index contributed by atoms with van der Waals surface area (Å²) in [6, 6.07) is 2.64. The molecule has 0 radical (unpaired) electrons. The van der Waals surface area contributed by atoms with E-state index in [-0.39, 0.29) is 45.5 Å². The van der Waals surface area contributed by atoms with Gasteiger partial charge in [0.15, 0.2) is 0 Å². The van der Waals surface area contributed by atoms with Crippen molar-refractivity contribution in [3.63, 3.8) is 0 Å². The number of nitrogens with two attached hydrogens (primary N) is 2. The van der Waals surface area contributed by atoms with Gasteiger partial charge in [0.25, 0.3) is 0 Å². The molecule has 2 aromatic rings. The van der Waals surface area contributed by atoms with Crippen LogP contribution in [-0.4, -0.2) is 11.8 Å². The molecule has 2 aliphatic rings. The second-order valence-electron chi connectivity index (χ2n) is 12.0. The summed E-state index contributed by atoms with van der Waals surface area (Å²) in [5.74, 6) is -25.8. The van der Waals surface area contributed by atoms with Crippen LogP contribution in [0.3, 0.4) is 0 Å². The van der Waals surface area contributed by atoms with Gasteiger partial charge >= 0.3 is 23.7 Å². The van der Waals surface area contributed by atoms with Crippen molar-refractivity contribution in [3.8, 4) is 0 Å². The van der Waals surface area contributed by atoms with Crippen LogP contribution in [0.2, 0.25) is 0 Å². The van der Waals surface area contributed by atoms with Crippen LogP contribution in [0.1, 0.15) is 123 Å². The van der Waals surface area contributed by atoms with Crippen LogP contribution in [-0.2, 0) is 11.8 Å². The molecule has 0 aromatic heterocycles. The Morgan fingerprint density at radius 3 is 1.10 bits per heavy atom. The van der Waals surface area contributed by atoms with Gasteiger partial charge in [-0.2, -0.15) is 35.1 Å². The van der Waals surface area contributed by atoms with E-state index >= 15 is 35.1 Å². The molecule has 2 fully saturated rings. The molecule has 2 aromatic carbocycles. The van der Waals surface area contributed by atoms with Crippen molar-refractivity contribution < 1.29 is 35.1 Å². The van der Waals surface area contributed by atoms with E-state index < -0.39 is 46.7 Å². The van der Waals surface area contributed by atoms with Gasteiger partial charge in [0.1, 0.15) is 0 Å². The smallest absolute Gasteiger partial charge is 0.382 e. The highest BCUT2D eigenvalue weighted by Gasteiger charge is 2.81. The van der Waals surface area contributed by atoms with Gasteiger partial charge in [0, 0.05) is 22.5 Å². The Labute approximate surface area is 229 Å². The first-order valence-corrected chi connectivity index (χ1v) is 13.7. The molecule has 4 N–H and O–H groups in total. The standard InChI is InChI=1S/C30H36F8N2/c1-15(2)21-11-19(13-23(25(21)39)17-7-5-8-17)27(31,32)29(35,36)30(37,38)28(33,34)20-12-22(16(3)4)26(40)24(14-20)18-9-6-10-18/h11-18H,5-10,39-40H2,1-4H3. The number of anilines is 2. The highest BCUT2D eigenvalue weighted by Crippen LogP contribution is 2.60. The summed E-state index contributed by atoms with van der Waals surface area (Å²) < 4.78 is 124. The molecule has 10 heteroatoms. The second-order valence-corrected chi connectivity index (χ2v) is 12.0. The largest absolute Gasteiger partial charge is 0.398 e. The third-order valence-electron chi connectivity index (χ3n) is 8.73. The summed E-state index contributed by atoms with van der Waals surface area (Å²) in [4.78, 5) is 0. The summed E-state index contributed by atoms with van der Waals surface area (Å²) in [6.45, 7) is 6.36. The van der Waals surface area contributed by atoms with E-state index in [0.29, 0.717) is 49.9 Å². The fourth-order valence-corrected chi connectivity index (χ4v) is 5.59. The minimum atomic E-state index is -6.46. The molecule has 0 amide bonds. The molecule has 4 rings (SSSR count). The van der Waals surface area contributed by atoms with Crippen LogP contribution in [0.5, 0.6) is 0 Å². The van der Waals surface area contributed by atoms with Gasteiger partial charge in [-0.15, -0.1) is 0 Å². The van der Waals surface area contributed by atoms with Gasteiger partial charge in [-0.25, -0.2) is 0 Å². The van der Waals surface area contributed by atoms with Crippen molar-refractivity contribution in [2.75, 3.05) is 11.5 Å². The van der Waals surface area contributed by atoms with Gasteiger partial charge < -0.3 is 11.5 Å². The van der Waals surface area contributed by atoms with Gasteiger partial charge in [0.05, 0.1) is 0 Å². The lowest BCUT2D eigenvalue weighted by Gasteiger charge is -2.38. The predicted octanol–water partition coefficient (Wildman–Crippen LogP) is 9.79. The van der Waals surface area contributed by atoms with E-state index in [9.17, 15) is 0 Å². The van der Waals surface area contributed by atoms with Gasteiger partial charge in [-0.05, 0) is 95.9 Å². The van der Waals surface area contributed by atoms with E-state index in [2.05, 4.69) is 0 Å². The van der Waals surface area contributed by atoms with Crippen LogP contribution >= 0.6 is 0 Å². The predicted molar refractivity (Wildman–Crippen MR) is 141 cm³/mol. The van der Waals surface area contributed by atoms with Crippen molar-refractivity contribution in [3.05, 3.63) is 57.6 Å². The Balaban J connectivity index is 1.83. The Kier molecular flexibility index (Phi) is 7.67. The Morgan fingerprint density at radius 1 is 0.575 bits per heavy atom. The molecule has 0 heterocycles. The summed E-state index contributed by atoms with van der Waals surface area (Å²) in [5.41, 5.74) is 10.1. The van der Waals surface area contributed by atoms with Crippen LogP contribution in [0.4, 0.5) is 46.5 Å². The number of halogens is 8. The van der Waals surface area contributed by atoms with E-state index in [1.54, 1.807) is 27.7 Å². The lowest BCUT2D eigenvalue weighted by molar-refractivity contribution is -0.374. The third kappa shape index (κ3) is 4.53. The molecular weight excluding hydrogens is 540 g/mol. The lowest BCUT2D eigenvalue weighted by Crippen LogP contribution is -2.59. The van der Waals surface area contributed by atoms with Gasteiger partial charge in [0.2, 0.25) is 0 Å². The number of hydrogen-bond acceptors (Lipinski definition) is 2. The fourth-order valence-electron chi connectivity index (χ4n) is 5.59. The van der Waals surface area contributed by atoms with E-state index in [1.807, 2.05) is 0 Å². The Hall–Kier alpha value is -2.52. The number of hydrogen-bond donors (Lipinski definition) is 2. The van der Waals surface area contributed by atoms with Crippen molar-refractivity contribution >= 4 is 11.4 Å². The third-order valence-corrected chi connectivity index (χ3v) is 8.73. The van der Waals surface area contributed by atoms with Crippen molar-refractivity contribution in [2.24, 2.45) is 0 Å². The van der Waals surface area contributed by atoms with Crippen LogP contribution in [0, 0.1) is 0 Å². The molecule has 40 heavy (non-hydrogen) atoms. The fraction of sp³-hybridized carbons (Fsp3) is 0.600. The Morgan fingerprint density at radius 2 is 0.875 bits per heavy atom. The maximum atomic E-state index is 15.5. The highest BCUT2D eigenvalue weighted by atomic mass is 19.4. The lowest BCUT2D eigenvalue weighted by atomic mass is 9.76.